The molecule has 3 rings (SSSR count). The van der Waals surface area contributed by atoms with Crippen molar-refractivity contribution in [2.24, 2.45) is 0 Å². The number of nitrogen functional groups attached to an aromatic ring is 1. The summed E-state index contributed by atoms with van der Waals surface area (Å²) in [4.78, 5) is 12.5. The van der Waals surface area contributed by atoms with Gasteiger partial charge >= 0.3 is 0 Å². The molecule has 104 valence electrons. The van der Waals surface area contributed by atoms with Crippen LogP contribution in [0, 0.1) is 5.82 Å². The first-order valence-electron chi connectivity index (χ1n) is 6.56. The van der Waals surface area contributed by atoms with Crippen LogP contribution in [0.5, 0.6) is 0 Å². The normalized spacial score (nSPS) is 15.4. The smallest absolute Gasteiger partial charge is 0.221 e. The Hall–Kier alpha value is -2.37. The molecule has 0 radical (unpaired) electrons. The molecule has 0 saturated carbocycles. The lowest BCUT2D eigenvalue weighted by Crippen LogP contribution is -2.46. The first kappa shape index (κ1) is 12.7. The van der Waals surface area contributed by atoms with Gasteiger partial charge in [0.15, 0.2) is 0 Å². The highest BCUT2D eigenvalue weighted by molar-refractivity contribution is 5.49. The Balaban J connectivity index is 1.66. The summed E-state index contributed by atoms with van der Waals surface area (Å²) in [6.07, 6.45) is 1.67. The number of halogens is 1. The molecule has 1 aliphatic heterocycles. The molecule has 0 aliphatic carbocycles. The highest BCUT2D eigenvalue weighted by atomic mass is 19.1. The maximum atomic E-state index is 12.9. The fourth-order valence-corrected chi connectivity index (χ4v) is 2.39. The summed E-state index contributed by atoms with van der Waals surface area (Å²) in [5.41, 5.74) is 6.65. The highest BCUT2D eigenvalue weighted by Gasteiger charge is 2.18. The first-order chi connectivity index (χ1) is 9.72. The highest BCUT2D eigenvalue weighted by Crippen LogP contribution is 2.19. The molecular formula is C14H16FN5. The van der Waals surface area contributed by atoms with Crippen molar-refractivity contribution in [3.8, 4) is 0 Å². The quantitative estimate of drug-likeness (QED) is 0.899. The van der Waals surface area contributed by atoms with Gasteiger partial charge < -0.3 is 15.5 Å². The van der Waals surface area contributed by atoms with Crippen molar-refractivity contribution in [2.45, 2.75) is 0 Å². The van der Waals surface area contributed by atoms with Gasteiger partial charge in [-0.05, 0) is 30.3 Å². The van der Waals surface area contributed by atoms with Gasteiger partial charge in [-0.3, -0.25) is 0 Å². The van der Waals surface area contributed by atoms with Gasteiger partial charge in [0.05, 0.1) is 0 Å². The minimum absolute atomic E-state index is 0.205. The molecule has 1 aromatic carbocycles. The minimum atomic E-state index is -0.205. The first-order valence-corrected chi connectivity index (χ1v) is 6.56. The molecule has 0 unspecified atom stereocenters. The molecule has 2 heterocycles. The van der Waals surface area contributed by atoms with Crippen molar-refractivity contribution in [2.75, 3.05) is 41.7 Å². The summed E-state index contributed by atoms with van der Waals surface area (Å²) >= 11 is 0. The van der Waals surface area contributed by atoms with Crippen molar-refractivity contribution in [3.05, 3.63) is 42.3 Å². The van der Waals surface area contributed by atoms with Gasteiger partial charge in [-0.25, -0.2) is 9.37 Å². The maximum Gasteiger partial charge on any atom is 0.221 e. The van der Waals surface area contributed by atoms with Crippen LogP contribution >= 0.6 is 0 Å². The number of hydrogen-bond acceptors (Lipinski definition) is 5. The molecule has 20 heavy (non-hydrogen) atoms. The van der Waals surface area contributed by atoms with E-state index in [9.17, 15) is 4.39 Å². The number of aromatic nitrogens is 2. The predicted octanol–water partition coefficient (Wildman–Crippen LogP) is 1.52. The standard InChI is InChI=1S/C14H16FN5/c15-11-1-3-12(4-2-11)19-7-9-20(10-8-19)13-5-6-17-14(16)18-13/h1-6H,7-10H2,(H2,16,17,18). The number of piperazine rings is 1. The summed E-state index contributed by atoms with van der Waals surface area (Å²) in [7, 11) is 0. The van der Waals surface area contributed by atoms with E-state index in [2.05, 4.69) is 19.8 Å². The number of rotatable bonds is 2. The summed E-state index contributed by atoms with van der Waals surface area (Å²) < 4.78 is 12.9. The van der Waals surface area contributed by atoms with Gasteiger partial charge in [0, 0.05) is 38.1 Å². The summed E-state index contributed by atoms with van der Waals surface area (Å²) in [6.45, 7) is 3.45. The third-order valence-electron chi connectivity index (χ3n) is 3.45. The van der Waals surface area contributed by atoms with Crippen LogP contribution in [0.15, 0.2) is 36.5 Å². The van der Waals surface area contributed by atoms with Gasteiger partial charge in [0.25, 0.3) is 0 Å². The van der Waals surface area contributed by atoms with E-state index < -0.39 is 0 Å². The predicted molar refractivity (Wildman–Crippen MR) is 77.3 cm³/mol. The molecule has 1 aromatic heterocycles. The Kier molecular flexibility index (Phi) is 3.37. The molecule has 1 saturated heterocycles. The average Bonchev–Trinajstić information content (AvgIpc) is 2.48. The zero-order chi connectivity index (χ0) is 13.9. The van der Waals surface area contributed by atoms with Crippen molar-refractivity contribution in [1.82, 2.24) is 9.97 Å². The number of anilines is 3. The topological polar surface area (TPSA) is 58.3 Å². The van der Waals surface area contributed by atoms with Crippen LogP contribution in [0.3, 0.4) is 0 Å². The second kappa shape index (κ2) is 5.32. The van der Waals surface area contributed by atoms with Crippen LogP contribution in [0.2, 0.25) is 0 Å². The lowest BCUT2D eigenvalue weighted by molar-refractivity contribution is 0.624. The molecule has 0 amide bonds. The second-order valence-electron chi connectivity index (χ2n) is 4.72. The van der Waals surface area contributed by atoms with Crippen molar-refractivity contribution in [3.63, 3.8) is 0 Å². The number of benzene rings is 1. The van der Waals surface area contributed by atoms with E-state index in [0.717, 1.165) is 37.7 Å². The van der Waals surface area contributed by atoms with Gasteiger partial charge in [0.1, 0.15) is 11.6 Å². The average molecular weight is 273 g/mol. The lowest BCUT2D eigenvalue weighted by atomic mass is 10.2. The zero-order valence-electron chi connectivity index (χ0n) is 11.0. The van der Waals surface area contributed by atoms with E-state index in [1.54, 1.807) is 6.20 Å². The molecule has 2 N–H and O–H groups in total. The van der Waals surface area contributed by atoms with Gasteiger partial charge in [-0.1, -0.05) is 0 Å². The number of hydrogen-bond donors (Lipinski definition) is 1. The Labute approximate surface area is 116 Å². The van der Waals surface area contributed by atoms with Crippen LogP contribution in [0.25, 0.3) is 0 Å². The molecule has 1 aliphatic rings. The molecule has 0 spiro atoms. The lowest BCUT2D eigenvalue weighted by Gasteiger charge is -2.36. The van der Waals surface area contributed by atoms with Crippen LogP contribution in [-0.4, -0.2) is 36.1 Å². The second-order valence-corrected chi connectivity index (χ2v) is 4.72. The Morgan fingerprint density at radius 2 is 1.60 bits per heavy atom. The minimum Gasteiger partial charge on any atom is -0.368 e. The third kappa shape index (κ3) is 2.64. The maximum absolute atomic E-state index is 12.9. The van der Waals surface area contributed by atoms with E-state index in [0.29, 0.717) is 5.95 Å². The van der Waals surface area contributed by atoms with Crippen LogP contribution in [0.1, 0.15) is 0 Å². The number of nitrogens with two attached hydrogens (primary N) is 1. The molecule has 2 aromatic rings. The van der Waals surface area contributed by atoms with E-state index in [-0.39, 0.29) is 5.82 Å². The van der Waals surface area contributed by atoms with Crippen molar-refractivity contribution < 1.29 is 4.39 Å². The fourth-order valence-electron chi connectivity index (χ4n) is 2.39. The van der Waals surface area contributed by atoms with Gasteiger partial charge in [-0.15, -0.1) is 0 Å². The Morgan fingerprint density at radius 1 is 0.950 bits per heavy atom. The van der Waals surface area contributed by atoms with Gasteiger partial charge in [-0.2, -0.15) is 4.98 Å². The van der Waals surface area contributed by atoms with Crippen molar-refractivity contribution in [1.29, 1.82) is 0 Å². The SMILES string of the molecule is Nc1nccc(N2CCN(c3ccc(F)cc3)CC2)n1. The van der Waals surface area contributed by atoms with Crippen LogP contribution in [-0.2, 0) is 0 Å². The molecule has 0 bridgehead atoms. The molecule has 5 nitrogen and oxygen atoms in total. The van der Waals surface area contributed by atoms with E-state index in [1.807, 2.05) is 18.2 Å². The van der Waals surface area contributed by atoms with E-state index >= 15 is 0 Å². The fraction of sp³-hybridized carbons (Fsp3) is 0.286. The largest absolute Gasteiger partial charge is 0.368 e. The molecule has 1 fully saturated rings. The summed E-state index contributed by atoms with van der Waals surface area (Å²) in [5.74, 6) is 0.948. The van der Waals surface area contributed by atoms with Gasteiger partial charge in [0.2, 0.25) is 5.95 Å². The summed E-state index contributed by atoms with van der Waals surface area (Å²) in [6, 6.07) is 8.48. The van der Waals surface area contributed by atoms with E-state index in [1.165, 1.54) is 12.1 Å². The Bertz CT molecular complexity index is 578. The molecular weight excluding hydrogens is 257 g/mol. The van der Waals surface area contributed by atoms with Crippen LogP contribution in [0.4, 0.5) is 21.8 Å². The zero-order valence-corrected chi connectivity index (χ0v) is 11.0. The Morgan fingerprint density at radius 3 is 2.25 bits per heavy atom. The molecule has 6 heteroatoms. The van der Waals surface area contributed by atoms with Crippen LogP contribution < -0.4 is 15.5 Å². The number of nitrogens with zero attached hydrogens (tertiary/aromatic N) is 4. The molecule has 0 atom stereocenters. The third-order valence-corrected chi connectivity index (χ3v) is 3.45. The summed E-state index contributed by atoms with van der Waals surface area (Å²) in [5, 5.41) is 0. The van der Waals surface area contributed by atoms with Crippen molar-refractivity contribution >= 4 is 17.5 Å². The van der Waals surface area contributed by atoms with E-state index in [4.69, 9.17) is 5.73 Å². The monoisotopic (exact) mass is 273 g/mol.